The van der Waals surface area contributed by atoms with Crippen molar-refractivity contribution in [2.24, 2.45) is 5.92 Å². The number of hydrogen-bond donors (Lipinski definition) is 1. The fourth-order valence-electron chi connectivity index (χ4n) is 2.60. The number of hydrogen-bond acceptors (Lipinski definition) is 2. The van der Waals surface area contributed by atoms with E-state index >= 15 is 0 Å². The molecule has 3 rings (SSSR count). The Hall–Kier alpha value is -1.51. The van der Waals surface area contributed by atoms with Crippen molar-refractivity contribution < 1.29 is 4.79 Å². The summed E-state index contributed by atoms with van der Waals surface area (Å²) in [6, 6.07) is 8.23. The predicted molar refractivity (Wildman–Crippen MR) is 76.7 cm³/mol. The number of nitrogens with zero attached hydrogens (tertiary/aromatic N) is 1. The molecule has 2 aliphatic rings. The maximum atomic E-state index is 12.7. The van der Waals surface area contributed by atoms with Gasteiger partial charge in [-0.25, -0.2) is 0 Å². The van der Waals surface area contributed by atoms with Gasteiger partial charge in [-0.1, -0.05) is 12.1 Å². The average Bonchev–Trinajstić information content (AvgIpc) is 3.27. The van der Waals surface area contributed by atoms with Gasteiger partial charge < -0.3 is 10.6 Å². The molecule has 2 fully saturated rings. The van der Waals surface area contributed by atoms with Crippen LogP contribution >= 0.6 is 0 Å². The van der Waals surface area contributed by atoms with Crippen LogP contribution in [-0.4, -0.2) is 23.4 Å². The van der Waals surface area contributed by atoms with Gasteiger partial charge in [-0.3, -0.25) is 4.79 Å². The standard InChI is InChI=1S/C16H22N2O/c1-11(13-3-2-4-14(17)9-13)16(19)18(15-7-8-15)10-12-5-6-12/h2-4,9,11-12,15H,5-8,10,17H2,1H3. The SMILES string of the molecule is CC(C(=O)N(CC1CC1)C1CC1)c1cccc(N)c1. The van der Waals surface area contributed by atoms with Gasteiger partial charge in [-0.2, -0.15) is 0 Å². The van der Waals surface area contributed by atoms with Crippen molar-refractivity contribution in [2.75, 3.05) is 12.3 Å². The summed E-state index contributed by atoms with van der Waals surface area (Å²) in [7, 11) is 0. The molecule has 0 spiro atoms. The summed E-state index contributed by atoms with van der Waals surface area (Å²) in [5.74, 6) is 0.959. The molecule has 3 heteroatoms. The van der Waals surface area contributed by atoms with Crippen molar-refractivity contribution in [3.63, 3.8) is 0 Å². The van der Waals surface area contributed by atoms with Gasteiger partial charge in [0.15, 0.2) is 0 Å². The molecule has 0 bridgehead atoms. The highest BCUT2D eigenvalue weighted by molar-refractivity contribution is 5.84. The Kier molecular flexibility index (Phi) is 3.21. The molecule has 2 N–H and O–H groups in total. The minimum Gasteiger partial charge on any atom is -0.399 e. The lowest BCUT2D eigenvalue weighted by Gasteiger charge is -2.26. The summed E-state index contributed by atoms with van der Waals surface area (Å²) in [5, 5.41) is 0. The summed E-state index contributed by atoms with van der Waals surface area (Å²) >= 11 is 0. The van der Waals surface area contributed by atoms with Gasteiger partial charge in [-0.15, -0.1) is 0 Å². The Labute approximate surface area is 114 Å². The summed E-state index contributed by atoms with van der Waals surface area (Å²) in [6.07, 6.45) is 4.95. The fourth-order valence-corrected chi connectivity index (χ4v) is 2.60. The highest BCUT2D eigenvalue weighted by Gasteiger charge is 2.38. The number of nitrogens with two attached hydrogens (primary N) is 1. The second-order valence-corrected chi connectivity index (χ2v) is 6.06. The largest absolute Gasteiger partial charge is 0.399 e. The maximum absolute atomic E-state index is 12.7. The van der Waals surface area contributed by atoms with E-state index in [-0.39, 0.29) is 11.8 Å². The Morgan fingerprint density at radius 2 is 2.11 bits per heavy atom. The van der Waals surface area contributed by atoms with Gasteiger partial charge in [0.05, 0.1) is 5.92 Å². The van der Waals surface area contributed by atoms with Gasteiger partial charge in [-0.05, 0) is 56.2 Å². The first kappa shape index (κ1) is 12.5. The molecular formula is C16H22N2O. The van der Waals surface area contributed by atoms with Crippen LogP contribution in [0.2, 0.25) is 0 Å². The first-order valence-corrected chi connectivity index (χ1v) is 7.31. The van der Waals surface area contributed by atoms with Gasteiger partial charge in [0, 0.05) is 18.3 Å². The second-order valence-electron chi connectivity index (χ2n) is 6.06. The van der Waals surface area contributed by atoms with Crippen molar-refractivity contribution in [3.8, 4) is 0 Å². The monoisotopic (exact) mass is 258 g/mol. The minimum atomic E-state index is -0.0807. The third-order valence-electron chi connectivity index (χ3n) is 4.20. The van der Waals surface area contributed by atoms with Gasteiger partial charge >= 0.3 is 0 Å². The van der Waals surface area contributed by atoms with E-state index in [9.17, 15) is 4.79 Å². The molecule has 0 heterocycles. The lowest BCUT2D eigenvalue weighted by atomic mass is 9.99. The normalized spacial score (nSPS) is 20.1. The molecular weight excluding hydrogens is 236 g/mol. The molecule has 2 aliphatic carbocycles. The molecule has 0 saturated heterocycles. The first-order chi connectivity index (χ1) is 9.15. The summed E-state index contributed by atoms with van der Waals surface area (Å²) in [6.45, 7) is 2.97. The number of anilines is 1. The van der Waals surface area contributed by atoms with Crippen LogP contribution in [0.15, 0.2) is 24.3 Å². The van der Waals surface area contributed by atoms with E-state index in [4.69, 9.17) is 5.73 Å². The van der Waals surface area contributed by atoms with Gasteiger partial charge in [0.1, 0.15) is 0 Å². The molecule has 1 unspecified atom stereocenters. The number of nitrogen functional groups attached to an aromatic ring is 1. The van der Waals surface area contributed by atoms with Crippen LogP contribution in [0.1, 0.15) is 44.1 Å². The number of carbonyl (C=O) groups is 1. The van der Waals surface area contributed by atoms with Crippen molar-refractivity contribution >= 4 is 11.6 Å². The molecule has 19 heavy (non-hydrogen) atoms. The smallest absolute Gasteiger partial charge is 0.230 e. The topological polar surface area (TPSA) is 46.3 Å². The lowest BCUT2D eigenvalue weighted by Crippen LogP contribution is -2.37. The number of rotatable bonds is 5. The van der Waals surface area contributed by atoms with Crippen molar-refractivity contribution in [2.45, 2.75) is 44.6 Å². The summed E-state index contributed by atoms with van der Waals surface area (Å²) < 4.78 is 0. The zero-order valence-corrected chi connectivity index (χ0v) is 11.5. The van der Waals surface area contributed by atoms with E-state index in [1.54, 1.807) is 0 Å². The second kappa shape index (κ2) is 4.87. The predicted octanol–water partition coefficient (Wildman–Crippen LogP) is 2.77. The molecule has 1 atom stereocenters. The highest BCUT2D eigenvalue weighted by atomic mass is 16.2. The number of carbonyl (C=O) groups excluding carboxylic acids is 1. The van der Waals surface area contributed by atoms with Crippen LogP contribution in [0.3, 0.4) is 0 Å². The molecule has 2 saturated carbocycles. The van der Waals surface area contributed by atoms with Crippen LogP contribution in [0.25, 0.3) is 0 Å². The van der Waals surface area contributed by atoms with E-state index in [0.717, 1.165) is 23.7 Å². The molecule has 1 aromatic rings. The Balaban J connectivity index is 1.73. The molecule has 1 amide bonds. The third kappa shape index (κ3) is 2.91. The molecule has 0 aromatic heterocycles. The van der Waals surface area contributed by atoms with Crippen LogP contribution in [0, 0.1) is 5.92 Å². The van der Waals surface area contributed by atoms with Gasteiger partial charge in [0.2, 0.25) is 5.91 Å². The van der Waals surface area contributed by atoms with Crippen molar-refractivity contribution in [1.82, 2.24) is 4.90 Å². The fraction of sp³-hybridized carbons (Fsp3) is 0.562. The van der Waals surface area contributed by atoms with Crippen LogP contribution in [0.5, 0.6) is 0 Å². The number of amides is 1. The van der Waals surface area contributed by atoms with E-state index in [1.165, 1.54) is 25.7 Å². The van der Waals surface area contributed by atoms with Crippen LogP contribution in [-0.2, 0) is 4.79 Å². The van der Waals surface area contributed by atoms with Crippen LogP contribution in [0.4, 0.5) is 5.69 Å². The minimum absolute atomic E-state index is 0.0807. The van der Waals surface area contributed by atoms with Crippen LogP contribution < -0.4 is 5.73 Å². The molecule has 1 aromatic carbocycles. The Bertz CT molecular complexity index is 477. The van der Waals surface area contributed by atoms with E-state index in [1.807, 2.05) is 31.2 Å². The maximum Gasteiger partial charge on any atom is 0.230 e. The molecule has 0 aliphatic heterocycles. The highest BCUT2D eigenvalue weighted by Crippen LogP contribution is 2.36. The zero-order valence-electron chi connectivity index (χ0n) is 11.5. The quantitative estimate of drug-likeness (QED) is 0.825. The number of benzene rings is 1. The van der Waals surface area contributed by atoms with Gasteiger partial charge in [0.25, 0.3) is 0 Å². The summed E-state index contributed by atoms with van der Waals surface area (Å²) in [5.41, 5.74) is 7.58. The van der Waals surface area contributed by atoms with Crippen molar-refractivity contribution in [1.29, 1.82) is 0 Å². The third-order valence-corrected chi connectivity index (χ3v) is 4.20. The molecule has 3 nitrogen and oxygen atoms in total. The molecule has 0 radical (unpaired) electrons. The first-order valence-electron chi connectivity index (χ1n) is 7.31. The van der Waals surface area contributed by atoms with E-state index in [0.29, 0.717) is 6.04 Å². The average molecular weight is 258 g/mol. The van der Waals surface area contributed by atoms with Crippen molar-refractivity contribution in [3.05, 3.63) is 29.8 Å². The lowest BCUT2D eigenvalue weighted by molar-refractivity contribution is -0.133. The van der Waals surface area contributed by atoms with E-state index in [2.05, 4.69) is 4.90 Å². The zero-order chi connectivity index (χ0) is 13.4. The van der Waals surface area contributed by atoms with E-state index < -0.39 is 0 Å². The molecule has 102 valence electrons. The summed E-state index contributed by atoms with van der Waals surface area (Å²) in [4.78, 5) is 14.8. The Morgan fingerprint density at radius 3 is 2.68 bits per heavy atom. The Morgan fingerprint density at radius 1 is 1.37 bits per heavy atom.